The van der Waals surface area contributed by atoms with Crippen molar-refractivity contribution in [2.75, 3.05) is 0 Å². The first-order valence-corrected chi connectivity index (χ1v) is 11.9. The maximum absolute atomic E-state index is 4.45. The summed E-state index contributed by atoms with van der Waals surface area (Å²) in [6.45, 7) is 4.47. The molecule has 0 amide bonds. The zero-order valence-electron chi connectivity index (χ0n) is 19.5. The lowest BCUT2D eigenvalue weighted by Gasteiger charge is -2.00. The summed E-state index contributed by atoms with van der Waals surface area (Å²) in [7, 11) is 0. The minimum Gasteiger partial charge on any atom is -0.246 e. The maximum Gasteiger partial charge on any atom is 0.113 e. The van der Waals surface area contributed by atoms with E-state index in [1.54, 1.807) is 6.20 Å². The quantitative estimate of drug-likeness (QED) is 0.275. The van der Waals surface area contributed by atoms with Crippen LogP contribution < -0.4 is 0 Å². The van der Waals surface area contributed by atoms with Gasteiger partial charge in [-0.1, -0.05) is 81.6 Å². The van der Waals surface area contributed by atoms with Gasteiger partial charge >= 0.3 is 0 Å². The van der Waals surface area contributed by atoms with Gasteiger partial charge < -0.3 is 0 Å². The van der Waals surface area contributed by atoms with Crippen LogP contribution in [0.4, 0.5) is 0 Å². The summed E-state index contributed by atoms with van der Waals surface area (Å²) < 4.78 is 0. The standard InChI is InChI=1S/C31H33N/c1-3-5-7-9-26-11-15-28(16-12-26)19-20-30-22-24-31(32-25-30)23-21-29-17-13-27(14-18-29)10-8-6-4-2/h11-18,22,24-25H,3-10H2,1-2H3. The molecule has 3 aromatic rings. The van der Waals surface area contributed by atoms with Crippen molar-refractivity contribution >= 4 is 0 Å². The zero-order valence-corrected chi connectivity index (χ0v) is 19.5. The molecule has 32 heavy (non-hydrogen) atoms. The lowest BCUT2D eigenvalue weighted by Crippen LogP contribution is -1.87. The second kappa shape index (κ2) is 13.2. The van der Waals surface area contributed by atoms with Crippen LogP contribution in [0.3, 0.4) is 0 Å². The van der Waals surface area contributed by atoms with E-state index in [0.29, 0.717) is 0 Å². The number of aromatic nitrogens is 1. The molecule has 0 radical (unpaired) electrons. The molecule has 2 aromatic carbocycles. The number of hydrogen-bond donors (Lipinski definition) is 0. The third-order valence-corrected chi connectivity index (χ3v) is 5.50. The van der Waals surface area contributed by atoms with Crippen molar-refractivity contribution < 1.29 is 0 Å². The Hall–Kier alpha value is -3.29. The molecule has 1 nitrogen and oxygen atoms in total. The number of benzene rings is 2. The molecule has 0 aliphatic heterocycles. The first-order chi connectivity index (χ1) is 15.8. The largest absolute Gasteiger partial charge is 0.246 e. The molecular weight excluding hydrogens is 386 g/mol. The highest BCUT2D eigenvalue weighted by Gasteiger charge is 1.96. The lowest BCUT2D eigenvalue weighted by molar-refractivity contribution is 0.717. The van der Waals surface area contributed by atoms with Crippen molar-refractivity contribution in [2.45, 2.75) is 65.2 Å². The van der Waals surface area contributed by atoms with Crippen molar-refractivity contribution in [1.29, 1.82) is 0 Å². The monoisotopic (exact) mass is 419 g/mol. The van der Waals surface area contributed by atoms with Crippen LogP contribution in [0.15, 0.2) is 66.9 Å². The van der Waals surface area contributed by atoms with E-state index in [0.717, 1.165) is 35.2 Å². The first-order valence-electron chi connectivity index (χ1n) is 11.9. The smallest absolute Gasteiger partial charge is 0.113 e. The molecular formula is C31H33N. The molecule has 0 aliphatic carbocycles. The summed E-state index contributed by atoms with van der Waals surface area (Å²) in [5.74, 6) is 12.8. The van der Waals surface area contributed by atoms with Gasteiger partial charge in [0.1, 0.15) is 5.69 Å². The van der Waals surface area contributed by atoms with Crippen molar-refractivity contribution in [3.8, 4) is 23.7 Å². The van der Waals surface area contributed by atoms with Gasteiger partial charge in [0.2, 0.25) is 0 Å². The van der Waals surface area contributed by atoms with Gasteiger partial charge in [0.05, 0.1) is 0 Å². The Morgan fingerprint density at radius 1 is 0.531 bits per heavy atom. The van der Waals surface area contributed by atoms with Gasteiger partial charge in [-0.2, -0.15) is 0 Å². The van der Waals surface area contributed by atoms with Gasteiger partial charge in [-0.15, -0.1) is 0 Å². The van der Waals surface area contributed by atoms with E-state index < -0.39 is 0 Å². The number of rotatable bonds is 8. The molecule has 3 rings (SSSR count). The predicted octanol–water partition coefficient (Wildman–Crippen LogP) is 7.35. The molecule has 1 aromatic heterocycles. The Kier molecular flexibility index (Phi) is 9.64. The normalized spacial score (nSPS) is 10.1. The van der Waals surface area contributed by atoms with Crippen LogP contribution in [-0.4, -0.2) is 4.98 Å². The summed E-state index contributed by atoms with van der Waals surface area (Å²) in [6, 6.07) is 21.1. The number of aryl methyl sites for hydroxylation is 2. The molecule has 0 N–H and O–H groups in total. The van der Waals surface area contributed by atoms with Crippen LogP contribution in [0.5, 0.6) is 0 Å². The highest BCUT2D eigenvalue weighted by molar-refractivity contribution is 5.45. The molecule has 1 heterocycles. The fraction of sp³-hybridized carbons (Fsp3) is 0.323. The van der Waals surface area contributed by atoms with Crippen molar-refractivity contribution in [3.05, 3.63) is 100 Å². The minimum atomic E-state index is 0.763. The van der Waals surface area contributed by atoms with E-state index >= 15 is 0 Å². The summed E-state index contributed by atoms with van der Waals surface area (Å²) in [5.41, 5.74) is 6.49. The molecule has 0 atom stereocenters. The Bertz CT molecular complexity index is 976. The average Bonchev–Trinajstić information content (AvgIpc) is 2.84. The van der Waals surface area contributed by atoms with Gasteiger partial charge in [0.15, 0.2) is 0 Å². The Morgan fingerprint density at radius 3 is 1.47 bits per heavy atom. The van der Waals surface area contributed by atoms with Crippen LogP contribution in [0.2, 0.25) is 0 Å². The highest BCUT2D eigenvalue weighted by Crippen LogP contribution is 2.10. The molecule has 0 saturated heterocycles. The van der Waals surface area contributed by atoms with Gasteiger partial charge in [-0.25, -0.2) is 4.98 Å². The number of unbranched alkanes of at least 4 members (excludes halogenated alkanes) is 4. The van der Waals surface area contributed by atoms with Crippen LogP contribution in [0.1, 0.15) is 85.9 Å². The van der Waals surface area contributed by atoms with Crippen molar-refractivity contribution in [1.82, 2.24) is 4.98 Å². The summed E-state index contributed by atoms with van der Waals surface area (Å²) in [6.07, 6.45) is 11.7. The van der Waals surface area contributed by atoms with Crippen LogP contribution in [0.25, 0.3) is 0 Å². The molecule has 0 fully saturated rings. The molecule has 0 saturated carbocycles. The number of pyridine rings is 1. The molecule has 0 aliphatic rings. The molecule has 162 valence electrons. The molecule has 0 spiro atoms. The van der Waals surface area contributed by atoms with E-state index in [1.807, 2.05) is 12.1 Å². The SMILES string of the molecule is CCCCCc1ccc(C#Cc2ccc(C#Cc3ccc(CCCCC)cc3)nc2)cc1. The van der Waals surface area contributed by atoms with E-state index in [9.17, 15) is 0 Å². The first kappa shape index (κ1) is 23.4. The third-order valence-electron chi connectivity index (χ3n) is 5.50. The average molecular weight is 420 g/mol. The fourth-order valence-corrected chi connectivity index (χ4v) is 3.49. The molecule has 0 unspecified atom stereocenters. The highest BCUT2D eigenvalue weighted by atomic mass is 14.7. The second-order valence-corrected chi connectivity index (χ2v) is 8.24. The summed E-state index contributed by atoms with van der Waals surface area (Å²) >= 11 is 0. The number of hydrogen-bond acceptors (Lipinski definition) is 1. The second-order valence-electron chi connectivity index (χ2n) is 8.24. The molecule has 1 heteroatoms. The lowest BCUT2D eigenvalue weighted by atomic mass is 10.1. The van der Waals surface area contributed by atoms with Gasteiger partial charge in [0.25, 0.3) is 0 Å². The van der Waals surface area contributed by atoms with Crippen LogP contribution in [-0.2, 0) is 12.8 Å². The molecule has 0 bridgehead atoms. The van der Waals surface area contributed by atoms with Crippen molar-refractivity contribution in [3.63, 3.8) is 0 Å². The Labute approximate surface area is 194 Å². The fourth-order valence-electron chi connectivity index (χ4n) is 3.49. The van der Waals surface area contributed by atoms with E-state index in [-0.39, 0.29) is 0 Å². The maximum atomic E-state index is 4.45. The third kappa shape index (κ3) is 8.09. The van der Waals surface area contributed by atoms with Crippen LogP contribution in [0, 0.1) is 23.7 Å². The van der Waals surface area contributed by atoms with Gasteiger partial charge in [-0.05, 0) is 79.1 Å². The van der Waals surface area contributed by atoms with Crippen molar-refractivity contribution in [2.24, 2.45) is 0 Å². The van der Waals surface area contributed by atoms with Crippen LogP contribution >= 0.6 is 0 Å². The van der Waals surface area contributed by atoms with E-state index in [2.05, 4.69) is 91.0 Å². The Morgan fingerprint density at radius 2 is 1.00 bits per heavy atom. The van der Waals surface area contributed by atoms with Gasteiger partial charge in [0, 0.05) is 22.9 Å². The summed E-state index contributed by atoms with van der Waals surface area (Å²) in [5, 5.41) is 0. The minimum absolute atomic E-state index is 0.763. The zero-order chi connectivity index (χ0) is 22.4. The Balaban J connectivity index is 1.55. The predicted molar refractivity (Wildman–Crippen MR) is 136 cm³/mol. The topological polar surface area (TPSA) is 12.9 Å². The van der Waals surface area contributed by atoms with Gasteiger partial charge in [-0.3, -0.25) is 0 Å². The number of nitrogens with zero attached hydrogens (tertiary/aromatic N) is 1. The summed E-state index contributed by atoms with van der Waals surface area (Å²) in [4.78, 5) is 4.45. The van der Waals surface area contributed by atoms with E-state index in [4.69, 9.17) is 0 Å². The van der Waals surface area contributed by atoms with E-state index in [1.165, 1.54) is 49.7 Å².